The highest BCUT2D eigenvalue weighted by Crippen LogP contribution is 2.47. The second-order valence-corrected chi connectivity index (χ2v) is 3.72. The maximum absolute atomic E-state index is 6.09. The van der Waals surface area contributed by atoms with Crippen LogP contribution in [0.2, 0.25) is 5.02 Å². The van der Waals surface area contributed by atoms with Gasteiger partial charge in [-0.1, -0.05) is 29.8 Å². The van der Waals surface area contributed by atoms with E-state index < -0.39 is 0 Å². The van der Waals surface area contributed by atoms with Crippen LogP contribution in [0.25, 0.3) is 0 Å². The molecule has 0 radical (unpaired) electrons. The van der Waals surface area contributed by atoms with Crippen molar-refractivity contribution in [1.82, 2.24) is 5.32 Å². The number of rotatable bonds is 2. The van der Waals surface area contributed by atoms with E-state index in [-0.39, 0.29) is 5.54 Å². The van der Waals surface area contributed by atoms with Crippen molar-refractivity contribution >= 4 is 11.6 Å². The molecule has 0 aliphatic heterocycles. The summed E-state index contributed by atoms with van der Waals surface area (Å²) in [6.07, 6.45) is 2.40. The smallest absolute Gasteiger partial charge is 0.0456 e. The van der Waals surface area contributed by atoms with E-state index >= 15 is 0 Å². The fourth-order valence-electron chi connectivity index (χ4n) is 1.63. The monoisotopic (exact) mass is 181 g/mol. The molecule has 0 atom stereocenters. The molecular weight excluding hydrogens is 170 g/mol. The number of nitrogens with one attached hydrogen (secondary N) is 1. The standard InChI is InChI=1S/C10H12ClN/c1-12-10(6-7-10)8-4-2-3-5-9(8)11/h2-5,12H,6-7H2,1H3. The molecule has 1 N–H and O–H groups in total. The van der Waals surface area contributed by atoms with Crippen LogP contribution in [0.4, 0.5) is 0 Å². The summed E-state index contributed by atoms with van der Waals surface area (Å²) in [4.78, 5) is 0. The maximum Gasteiger partial charge on any atom is 0.0456 e. The zero-order chi connectivity index (χ0) is 8.60. The van der Waals surface area contributed by atoms with Crippen molar-refractivity contribution in [3.63, 3.8) is 0 Å². The predicted octanol–water partition coefficient (Wildman–Crippen LogP) is 2.55. The molecule has 0 aromatic heterocycles. The summed E-state index contributed by atoms with van der Waals surface area (Å²) in [6, 6.07) is 8.07. The Kier molecular flexibility index (Phi) is 1.85. The number of benzene rings is 1. The zero-order valence-electron chi connectivity index (χ0n) is 7.10. The molecule has 1 aliphatic carbocycles. The summed E-state index contributed by atoms with van der Waals surface area (Å²) >= 11 is 6.09. The highest BCUT2D eigenvalue weighted by Gasteiger charge is 2.43. The van der Waals surface area contributed by atoms with E-state index in [0.29, 0.717) is 0 Å². The Morgan fingerprint density at radius 3 is 2.50 bits per heavy atom. The largest absolute Gasteiger partial charge is 0.310 e. The fourth-order valence-corrected chi connectivity index (χ4v) is 1.94. The Morgan fingerprint density at radius 1 is 1.33 bits per heavy atom. The summed E-state index contributed by atoms with van der Waals surface area (Å²) in [5.41, 5.74) is 1.44. The molecule has 1 nitrogen and oxygen atoms in total. The van der Waals surface area contributed by atoms with Gasteiger partial charge in [0.05, 0.1) is 0 Å². The third-order valence-electron chi connectivity index (χ3n) is 2.62. The normalized spacial score (nSPS) is 19.2. The first kappa shape index (κ1) is 8.09. The molecule has 1 saturated carbocycles. The lowest BCUT2D eigenvalue weighted by Crippen LogP contribution is -2.24. The van der Waals surface area contributed by atoms with E-state index in [1.165, 1.54) is 18.4 Å². The van der Waals surface area contributed by atoms with Crippen LogP contribution in [0.5, 0.6) is 0 Å². The minimum atomic E-state index is 0.193. The fraction of sp³-hybridized carbons (Fsp3) is 0.400. The van der Waals surface area contributed by atoms with Crippen LogP contribution in [0.3, 0.4) is 0 Å². The van der Waals surface area contributed by atoms with Crippen molar-refractivity contribution in [2.75, 3.05) is 7.05 Å². The van der Waals surface area contributed by atoms with Gasteiger partial charge in [0, 0.05) is 10.6 Å². The lowest BCUT2D eigenvalue weighted by atomic mass is 10.1. The first-order chi connectivity index (χ1) is 5.78. The average molecular weight is 182 g/mol. The van der Waals surface area contributed by atoms with E-state index in [0.717, 1.165) is 5.02 Å². The average Bonchev–Trinajstić information content (AvgIpc) is 2.86. The summed E-state index contributed by atoms with van der Waals surface area (Å²) in [6.45, 7) is 0. The molecule has 0 bridgehead atoms. The predicted molar refractivity (Wildman–Crippen MR) is 51.4 cm³/mol. The maximum atomic E-state index is 6.09. The minimum Gasteiger partial charge on any atom is -0.310 e. The topological polar surface area (TPSA) is 12.0 Å². The highest BCUT2D eigenvalue weighted by atomic mass is 35.5. The molecule has 12 heavy (non-hydrogen) atoms. The molecule has 2 rings (SSSR count). The number of hydrogen-bond donors (Lipinski definition) is 1. The van der Waals surface area contributed by atoms with Gasteiger partial charge >= 0.3 is 0 Å². The molecule has 0 spiro atoms. The van der Waals surface area contributed by atoms with Crippen molar-refractivity contribution in [3.05, 3.63) is 34.9 Å². The molecule has 64 valence electrons. The lowest BCUT2D eigenvalue weighted by Gasteiger charge is -2.15. The van der Waals surface area contributed by atoms with E-state index in [4.69, 9.17) is 11.6 Å². The Labute approximate surface area is 77.7 Å². The van der Waals surface area contributed by atoms with Crippen molar-refractivity contribution in [1.29, 1.82) is 0 Å². The van der Waals surface area contributed by atoms with Gasteiger partial charge in [-0.25, -0.2) is 0 Å². The van der Waals surface area contributed by atoms with Crippen LogP contribution >= 0.6 is 11.6 Å². The third-order valence-corrected chi connectivity index (χ3v) is 2.95. The summed E-state index contributed by atoms with van der Waals surface area (Å²) in [5, 5.41) is 4.20. The van der Waals surface area contributed by atoms with Crippen LogP contribution in [-0.4, -0.2) is 7.05 Å². The van der Waals surface area contributed by atoms with Crippen molar-refractivity contribution in [2.45, 2.75) is 18.4 Å². The molecule has 0 amide bonds. The quantitative estimate of drug-likeness (QED) is 0.740. The van der Waals surface area contributed by atoms with Crippen LogP contribution in [-0.2, 0) is 5.54 Å². The van der Waals surface area contributed by atoms with Crippen LogP contribution < -0.4 is 5.32 Å². The van der Waals surface area contributed by atoms with E-state index in [1.54, 1.807) is 0 Å². The van der Waals surface area contributed by atoms with Gasteiger partial charge in [0.15, 0.2) is 0 Å². The van der Waals surface area contributed by atoms with E-state index in [9.17, 15) is 0 Å². The summed E-state index contributed by atoms with van der Waals surface area (Å²) < 4.78 is 0. The highest BCUT2D eigenvalue weighted by molar-refractivity contribution is 6.31. The molecule has 1 fully saturated rings. The number of hydrogen-bond acceptors (Lipinski definition) is 1. The molecule has 0 heterocycles. The second kappa shape index (κ2) is 2.75. The Morgan fingerprint density at radius 2 is 2.00 bits per heavy atom. The summed E-state index contributed by atoms with van der Waals surface area (Å²) in [5.74, 6) is 0. The van der Waals surface area contributed by atoms with Gasteiger partial charge in [-0.2, -0.15) is 0 Å². The molecule has 0 saturated heterocycles. The van der Waals surface area contributed by atoms with Crippen molar-refractivity contribution < 1.29 is 0 Å². The molecular formula is C10H12ClN. The van der Waals surface area contributed by atoms with Crippen LogP contribution in [0.1, 0.15) is 18.4 Å². The van der Waals surface area contributed by atoms with E-state index in [2.05, 4.69) is 11.4 Å². The molecule has 0 unspecified atom stereocenters. The molecule has 1 aromatic rings. The van der Waals surface area contributed by atoms with Gasteiger partial charge in [-0.15, -0.1) is 0 Å². The van der Waals surface area contributed by atoms with Gasteiger partial charge in [0.1, 0.15) is 0 Å². The minimum absolute atomic E-state index is 0.193. The summed E-state index contributed by atoms with van der Waals surface area (Å²) in [7, 11) is 2.00. The first-order valence-corrected chi connectivity index (χ1v) is 4.60. The SMILES string of the molecule is CNC1(c2ccccc2Cl)CC1. The number of halogens is 1. The van der Waals surface area contributed by atoms with E-state index in [1.807, 2.05) is 25.2 Å². The third kappa shape index (κ3) is 1.13. The van der Waals surface area contributed by atoms with Gasteiger partial charge in [0.25, 0.3) is 0 Å². The second-order valence-electron chi connectivity index (χ2n) is 3.31. The Balaban J connectivity index is 2.40. The van der Waals surface area contributed by atoms with Gasteiger partial charge in [0.2, 0.25) is 0 Å². The van der Waals surface area contributed by atoms with Crippen LogP contribution in [0.15, 0.2) is 24.3 Å². The molecule has 1 aliphatic rings. The van der Waals surface area contributed by atoms with Gasteiger partial charge in [-0.05, 0) is 31.5 Å². The zero-order valence-corrected chi connectivity index (χ0v) is 7.86. The van der Waals surface area contributed by atoms with Crippen molar-refractivity contribution in [3.8, 4) is 0 Å². The van der Waals surface area contributed by atoms with Gasteiger partial charge < -0.3 is 5.32 Å². The molecule has 1 aromatic carbocycles. The lowest BCUT2D eigenvalue weighted by molar-refractivity contribution is 0.586. The van der Waals surface area contributed by atoms with Crippen LogP contribution in [0, 0.1) is 0 Å². The first-order valence-electron chi connectivity index (χ1n) is 4.22. The Hall–Kier alpha value is -0.530. The van der Waals surface area contributed by atoms with Crippen molar-refractivity contribution in [2.24, 2.45) is 0 Å². The molecule has 2 heteroatoms. The Bertz CT molecular complexity index is 292. The van der Waals surface area contributed by atoms with Gasteiger partial charge in [-0.3, -0.25) is 0 Å².